The third-order valence-corrected chi connectivity index (χ3v) is 7.10. The number of aromatic hydroxyl groups is 1. The Bertz CT molecular complexity index is 1120. The van der Waals surface area contributed by atoms with Crippen LogP contribution in [0.2, 0.25) is 0 Å². The van der Waals surface area contributed by atoms with Gasteiger partial charge in [0.15, 0.2) is 0 Å². The minimum atomic E-state index is -1.28. The molecule has 0 radical (unpaired) electrons. The van der Waals surface area contributed by atoms with Gasteiger partial charge in [-0.3, -0.25) is 14.4 Å². The summed E-state index contributed by atoms with van der Waals surface area (Å²) in [5.41, 5.74) is 13.0. The van der Waals surface area contributed by atoms with Crippen molar-refractivity contribution in [3.8, 4) is 5.75 Å². The first-order valence-corrected chi connectivity index (χ1v) is 14.9. The van der Waals surface area contributed by atoms with E-state index in [0.29, 0.717) is 43.5 Å². The summed E-state index contributed by atoms with van der Waals surface area (Å²) in [6.45, 7) is 0.423. The summed E-state index contributed by atoms with van der Waals surface area (Å²) >= 11 is 1.56. The summed E-state index contributed by atoms with van der Waals surface area (Å²) in [6, 6.07) is 10.9. The van der Waals surface area contributed by atoms with Crippen LogP contribution >= 0.6 is 11.8 Å². The second-order valence-electron chi connectivity index (χ2n) is 9.75. The Labute approximate surface area is 244 Å². The molecule has 2 rings (SSSR count). The lowest BCUT2D eigenvalue weighted by molar-refractivity contribution is -0.142. The van der Waals surface area contributed by atoms with E-state index in [0.717, 1.165) is 5.56 Å². The number of nitrogens with two attached hydrogens (primary N) is 2. The summed E-state index contributed by atoms with van der Waals surface area (Å²) in [5.74, 6) is -2.25. The van der Waals surface area contributed by atoms with Crippen molar-refractivity contribution in [2.45, 2.75) is 62.7 Å². The van der Waals surface area contributed by atoms with Gasteiger partial charge in [0.2, 0.25) is 17.7 Å². The molecular formula is C29H41N5O6S. The number of phenolic OH excluding ortho intramolecular Hbond substituents is 1. The van der Waals surface area contributed by atoms with Gasteiger partial charge < -0.3 is 37.6 Å². The maximum atomic E-state index is 13.4. The lowest BCUT2D eigenvalue weighted by Gasteiger charge is -2.25. The van der Waals surface area contributed by atoms with Gasteiger partial charge in [0.05, 0.1) is 6.04 Å². The first-order valence-electron chi connectivity index (χ1n) is 13.5. The van der Waals surface area contributed by atoms with Crippen LogP contribution < -0.4 is 27.4 Å². The van der Waals surface area contributed by atoms with E-state index in [2.05, 4.69) is 16.0 Å². The maximum Gasteiger partial charge on any atom is 0.326 e. The molecule has 0 aliphatic carbocycles. The molecule has 0 aliphatic rings. The molecular weight excluding hydrogens is 546 g/mol. The van der Waals surface area contributed by atoms with Crippen LogP contribution in [0.1, 0.15) is 36.8 Å². The molecule has 0 bridgehead atoms. The zero-order chi connectivity index (χ0) is 30.2. The van der Waals surface area contributed by atoms with Crippen LogP contribution in [0.4, 0.5) is 0 Å². The monoisotopic (exact) mass is 587 g/mol. The van der Waals surface area contributed by atoms with Gasteiger partial charge in [-0.1, -0.05) is 42.5 Å². The average molecular weight is 588 g/mol. The lowest BCUT2D eigenvalue weighted by Crippen LogP contribution is -2.57. The first-order chi connectivity index (χ1) is 19.6. The Balaban J connectivity index is 2.23. The van der Waals surface area contributed by atoms with Crippen LogP contribution in [-0.4, -0.2) is 76.6 Å². The molecule has 41 heavy (non-hydrogen) atoms. The number of benzene rings is 2. The predicted molar refractivity (Wildman–Crippen MR) is 159 cm³/mol. The zero-order valence-corrected chi connectivity index (χ0v) is 24.1. The molecule has 0 heterocycles. The summed E-state index contributed by atoms with van der Waals surface area (Å²) in [6.07, 6.45) is 3.93. The fourth-order valence-electron chi connectivity index (χ4n) is 4.09. The third-order valence-electron chi connectivity index (χ3n) is 6.46. The number of aliphatic carboxylic acids is 1. The van der Waals surface area contributed by atoms with Crippen molar-refractivity contribution in [3.05, 3.63) is 65.7 Å². The van der Waals surface area contributed by atoms with Gasteiger partial charge in [0.25, 0.3) is 0 Å². The Hall–Kier alpha value is -3.61. The molecule has 4 atom stereocenters. The summed E-state index contributed by atoms with van der Waals surface area (Å²) in [5, 5.41) is 27.3. The Morgan fingerprint density at radius 1 is 0.780 bits per heavy atom. The summed E-state index contributed by atoms with van der Waals surface area (Å²) < 4.78 is 0. The summed E-state index contributed by atoms with van der Waals surface area (Å²) in [7, 11) is 0. The first kappa shape index (κ1) is 33.6. The second kappa shape index (κ2) is 17.9. The van der Waals surface area contributed by atoms with Crippen molar-refractivity contribution in [2.75, 3.05) is 18.6 Å². The molecule has 0 spiro atoms. The number of carboxylic acid groups (broad SMARTS) is 1. The fraction of sp³-hybridized carbons (Fsp3) is 0.448. The van der Waals surface area contributed by atoms with Gasteiger partial charge in [0.1, 0.15) is 23.9 Å². The van der Waals surface area contributed by atoms with E-state index in [1.54, 1.807) is 48.2 Å². The highest BCUT2D eigenvalue weighted by Crippen LogP contribution is 2.12. The minimum absolute atomic E-state index is 0.0287. The number of carbonyl (C=O) groups excluding carboxylic acids is 3. The minimum Gasteiger partial charge on any atom is -0.508 e. The number of phenols is 1. The molecule has 3 amide bonds. The van der Waals surface area contributed by atoms with Crippen molar-refractivity contribution in [3.63, 3.8) is 0 Å². The quantitative estimate of drug-likeness (QED) is 0.124. The topological polar surface area (TPSA) is 197 Å². The largest absolute Gasteiger partial charge is 0.508 e. The molecule has 0 aliphatic heterocycles. The Kier molecular flexibility index (Phi) is 14.7. The van der Waals surface area contributed by atoms with E-state index in [9.17, 15) is 29.4 Å². The van der Waals surface area contributed by atoms with E-state index in [-0.39, 0.29) is 18.6 Å². The number of unbranched alkanes of at least 4 members (excludes halogenated alkanes) is 1. The van der Waals surface area contributed by atoms with Crippen molar-refractivity contribution in [1.29, 1.82) is 0 Å². The highest BCUT2D eigenvalue weighted by molar-refractivity contribution is 7.98. The van der Waals surface area contributed by atoms with Crippen molar-refractivity contribution < 1.29 is 29.4 Å². The van der Waals surface area contributed by atoms with Gasteiger partial charge in [0, 0.05) is 12.8 Å². The van der Waals surface area contributed by atoms with E-state index < -0.39 is 47.9 Å². The lowest BCUT2D eigenvalue weighted by atomic mass is 10.0. The van der Waals surface area contributed by atoms with Crippen LogP contribution in [0.3, 0.4) is 0 Å². The van der Waals surface area contributed by atoms with E-state index in [1.807, 2.05) is 12.3 Å². The van der Waals surface area contributed by atoms with Crippen molar-refractivity contribution in [2.24, 2.45) is 11.5 Å². The van der Waals surface area contributed by atoms with E-state index in [4.69, 9.17) is 11.5 Å². The molecule has 0 saturated carbocycles. The Morgan fingerprint density at radius 3 is 1.95 bits per heavy atom. The fourth-order valence-corrected chi connectivity index (χ4v) is 4.58. The van der Waals surface area contributed by atoms with Crippen LogP contribution in [-0.2, 0) is 32.0 Å². The van der Waals surface area contributed by atoms with Gasteiger partial charge in [-0.15, -0.1) is 0 Å². The van der Waals surface area contributed by atoms with Crippen LogP contribution in [0.25, 0.3) is 0 Å². The van der Waals surface area contributed by atoms with Gasteiger partial charge in [-0.25, -0.2) is 4.79 Å². The van der Waals surface area contributed by atoms with Crippen LogP contribution in [0, 0.1) is 0 Å². The molecule has 0 fully saturated rings. The van der Waals surface area contributed by atoms with E-state index in [1.165, 1.54) is 12.1 Å². The molecule has 2 aromatic rings. The molecule has 11 nitrogen and oxygen atoms in total. The van der Waals surface area contributed by atoms with Crippen molar-refractivity contribution >= 4 is 35.5 Å². The molecule has 0 aromatic heterocycles. The van der Waals surface area contributed by atoms with Gasteiger partial charge in [-0.05, 0) is 67.5 Å². The number of nitrogens with one attached hydrogen (secondary N) is 3. The van der Waals surface area contributed by atoms with Crippen LogP contribution in [0.15, 0.2) is 54.6 Å². The standard InChI is InChI=1S/C29H41N5O6S/c1-41-16-14-22(31)26(36)32-23(9-5-6-15-30)27(37)33-24(17-19-7-3-2-4-8-19)28(38)34-25(29(39)40)18-20-10-12-21(35)13-11-20/h2-4,7-8,10-13,22-25,35H,5-6,9,14-18,30-31H2,1H3,(H,32,36)(H,33,37)(H,34,38)(H,39,40). The number of amides is 3. The smallest absolute Gasteiger partial charge is 0.326 e. The molecule has 9 N–H and O–H groups in total. The number of hydrogen-bond acceptors (Lipinski definition) is 8. The third kappa shape index (κ3) is 12.2. The highest BCUT2D eigenvalue weighted by Gasteiger charge is 2.30. The van der Waals surface area contributed by atoms with Gasteiger partial charge >= 0.3 is 5.97 Å². The average Bonchev–Trinajstić information content (AvgIpc) is 2.96. The zero-order valence-electron chi connectivity index (χ0n) is 23.3. The summed E-state index contributed by atoms with van der Waals surface area (Å²) in [4.78, 5) is 51.6. The normalized spacial score (nSPS) is 13.8. The molecule has 0 saturated heterocycles. The van der Waals surface area contributed by atoms with Crippen LogP contribution in [0.5, 0.6) is 5.75 Å². The molecule has 2 aromatic carbocycles. The molecule has 4 unspecified atom stereocenters. The molecule has 12 heteroatoms. The second-order valence-corrected chi connectivity index (χ2v) is 10.7. The number of carbonyl (C=O) groups is 4. The number of thioether (sulfide) groups is 1. The number of hydrogen-bond donors (Lipinski definition) is 7. The Morgan fingerprint density at radius 2 is 1.34 bits per heavy atom. The van der Waals surface area contributed by atoms with E-state index >= 15 is 0 Å². The number of rotatable bonds is 18. The predicted octanol–water partition coefficient (Wildman–Crippen LogP) is 0.926. The van der Waals surface area contributed by atoms with Crippen molar-refractivity contribution in [1.82, 2.24) is 16.0 Å². The van der Waals surface area contributed by atoms with Gasteiger partial charge in [-0.2, -0.15) is 11.8 Å². The molecule has 224 valence electrons. The number of carboxylic acids is 1. The SMILES string of the molecule is CSCCC(N)C(=O)NC(CCCCN)C(=O)NC(Cc1ccccc1)C(=O)NC(Cc1ccc(O)cc1)C(=O)O. The maximum absolute atomic E-state index is 13.4. The highest BCUT2D eigenvalue weighted by atomic mass is 32.2.